The second-order valence-corrected chi connectivity index (χ2v) is 7.49. The van der Waals surface area contributed by atoms with E-state index in [1.807, 2.05) is 0 Å². The zero-order valence-corrected chi connectivity index (χ0v) is 14.7. The Morgan fingerprint density at radius 3 is 2.32 bits per heavy atom. The van der Waals surface area contributed by atoms with Crippen LogP contribution < -0.4 is 5.32 Å². The first-order valence-electron chi connectivity index (χ1n) is 9.52. The van der Waals surface area contributed by atoms with Gasteiger partial charge in [-0.3, -0.25) is 4.79 Å². The molecule has 3 rings (SSSR count). The van der Waals surface area contributed by atoms with Gasteiger partial charge in [-0.15, -0.1) is 0 Å². The summed E-state index contributed by atoms with van der Waals surface area (Å²) in [5.74, 6) is -3.85. The minimum Gasteiger partial charge on any atom is -0.348 e. The molecule has 1 aromatic carbocycles. The van der Waals surface area contributed by atoms with Crippen LogP contribution >= 0.6 is 0 Å². The number of piperidine rings is 1. The molecule has 25 heavy (non-hydrogen) atoms. The monoisotopic (exact) mass is 350 g/mol. The van der Waals surface area contributed by atoms with E-state index in [1.165, 1.54) is 56.4 Å². The summed E-state index contributed by atoms with van der Waals surface area (Å²) in [4.78, 5) is 14.5. The molecule has 0 aromatic heterocycles. The zero-order valence-electron chi connectivity index (χ0n) is 14.7. The van der Waals surface area contributed by atoms with Crippen molar-refractivity contribution in [1.82, 2.24) is 10.2 Å². The third-order valence-corrected chi connectivity index (χ3v) is 5.59. The zero-order chi connectivity index (χ0) is 17.7. The molecule has 1 saturated heterocycles. The van der Waals surface area contributed by atoms with E-state index in [0.717, 1.165) is 38.4 Å². The van der Waals surface area contributed by atoms with E-state index in [4.69, 9.17) is 0 Å². The van der Waals surface area contributed by atoms with E-state index < -0.39 is 11.8 Å². The topological polar surface area (TPSA) is 32.3 Å². The van der Waals surface area contributed by atoms with Gasteiger partial charge in [-0.2, -0.15) is 8.78 Å². The van der Waals surface area contributed by atoms with Gasteiger partial charge in [0.2, 0.25) is 0 Å². The largest absolute Gasteiger partial charge is 0.349 e. The van der Waals surface area contributed by atoms with Crippen LogP contribution in [0.2, 0.25) is 0 Å². The van der Waals surface area contributed by atoms with E-state index in [0.29, 0.717) is 0 Å². The SMILES string of the molecule is O=C(NC1CCN(CC2CCCCC2)CC1)C(F)(F)c1ccccc1. The van der Waals surface area contributed by atoms with Crippen molar-refractivity contribution in [2.75, 3.05) is 19.6 Å². The number of alkyl halides is 2. The van der Waals surface area contributed by atoms with Gasteiger partial charge in [0.05, 0.1) is 0 Å². The first kappa shape index (κ1) is 18.3. The molecule has 1 N–H and O–H groups in total. The van der Waals surface area contributed by atoms with Crippen molar-refractivity contribution in [2.45, 2.75) is 56.9 Å². The molecule has 138 valence electrons. The number of carbonyl (C=O) groups excluding carboxylic acids is 1. The lowest BCUT2D eigenvalue weighted by molar-refractivity contribution is -0.148. The van der Waals surface area contributed by atoms with Crippen molar-refractivity contribution in [3.05, 3.63) is 35.9 Å². The molecule has 0 radical (unpaired) electrons. The molecule has 0 unspecified atom stereocenters. The number of hydrogen-bond donors (Lipinski definition) is 1. The lowest BCUT2D eigenvalue weighted by Crippen LogP contribution is -2.49. The van der Waals surface area contributed by atoms with E-state index in [1.54, 1.807) is 6.07 Å². The lowest BCUT2D eigenvalue weighted by Gasteiger charge is -2.36. The fourth-order valence-electron chi connectivity index (χ4n) is 4.05. The Labute approximate surface area is 148 Å². The number of nitrogens with one attached hydrogen (secondary N) is 1. The maximum absolute atomic E-state index is 14.3. The number of likely N-dealkylation sites (tertiary alicyclic amines) is 1. The van der Waals surface area contributed by atoms with Crippen LogP contribution in [-0.2, 0) is 10.7 Å². The van der Waals surface area contributed by atoms with Gasteiger partial charge in [-0.05, 0) is 31.6 Å². The van der Waals surface area contributed by atoms with Gasteiger partial charge < -0.3 is 10.2 Å². The van der Waals surface area contributed by atoms with Crippen LogP contribution in [0.25, 0.3) is 0 Å². The average Bonchev–Trinajstić information content (AvgIpc) is 2.65. The van der Waals surface area contributed by atoms with Gasteiger partial charge in [0, 0.05) is 31.2 Å². The summed E-state index contributed by atoms with van der Waals surface area (Å²) in [7, 11) is 0. The molecule has 1 amide bonds. The first-order chi connectivity index (χ1) is 12.1. The molecule has 1 aromatic rings. The molecule has 1 aliphatic heterocycles. The van der Waals surface area contributed by atoms with E-state index in [9.17, 15) is 13.6 Å². The molecule has 5 heteroatoms. The molecule has 2 aliphatic rings. The Balaban J connectivity index is 1.46. The summed E-state index contributed by atoms with van der Waals surface area (Å²) in [5, 5.41) is 2.57. The third kappa shape index (κ3) is 4.78. The maximum atomic E-state index is 14.3. The summed E-state index contributed by atoms with van der Waals surface area (Å²) in [6.07, 6.45) is 8.18. The highest BCUT2D eigenvalue weighted by Gasteiger charge is 2.41. The number of benzene rings is 1. The van der Waals surface area contributed by atoms with Crippen molar-refractivity contribution in [2.24, 2.45) is 5.92 Å². The molecule has 0 spiro atoms. The summed E-state index contributed by atoms with van der Waals surface area (Å²) < 4.78 is 28.5. The van der Waals surface area contributed by atoms with Crippen LogP contribution in [0.5, 0.6) is 0 Å². The van der Waals surface area contributed by atoms with Gasteiger partial charge in [0.15, 0.2) is 0 Å². The summed E-state index contributed by atoms with van der Waals surface area (Å²) in [5.41, 5.74) is -0.248. The standard InChI is InChI=1S/C20H28F2N2O/c21-20(22,17-9-5-2-6-10-17)19(25)23-18-11-13-24(14-12-18)15-16-7-3-1-4-8-16/h2,5-6,9-10,16,18H,1,3-4,7-8,11-15H2,(H,23,25). The van der Waals surface area contributed by atoms with E-state index in [-0.39, 0.29) is 11.6 Å². The van der Waals surface area contributed by atoms with E-state index >= 15 is 0 Å². The fraction of sp³-hybridized carbons (Fsp3) is 0.650. The van der Waals surface area contributed by atoms with Crippen molar-refractivity contribution in [3.8, 4) is 0 Å². The summed E-state index contributed by atoms with van der Waals surface area (Å²) in [6, 6.07) is 7.17. The summed E-state index contributed by atoms with van der Waals surface area (Å²) >= 11 is 0. The fourth-order valence-corrected chi connectivity index (χ4v) is 4.05. The molecular formula is C20H28F2N2O. The molecule has 1 heterocycles. The predicted molar refractivity (Wildman–Crippen MR) is 94.5 cm³/mol. The van der Waals surface area contributed by atoms with Crippen LogP contribution in [0.4, 0.5) is 8.78 Å². The number of hydrogen-bond acceptors (Lipinski definition) is 2. The molecule has 3 nitrogen and oxygen atoms in total. The highest BCUT2D eigenvalue weighted by Crippen LogP contribution is 2.29. The number of carbonyl (C=O) groups is 1. The second kappa shape index (κ2) is 8.26. The number of nitrogens with zero attached hydrogens (tertiary/aromatic N) is 1. The van der Waals surface area contributed by atoms with Gasteiger partial charge in [-0.25, -0.2) is 0 Å². The smallest absolute Gasteiger partial charge is 0.348 e. The normalized spacial score (nSPS) is 21.2. The average molecular weight is 350 g/mol. The van der Waals surface area contributed by atoms with Crippen LogP contribution in [0.1, 0.15) is 50.5 Å². The highest BCUT2D eigenvalue weighted by atomic mass is 19.3. The number of amides is 1. The van der Waals surface area contributed by atoms with Gasteiger partial charge >= 0.3 is 5.92 Å². The molecule has 0 bridgehead atoms. The first-order valence-corrected chi connectivity index (χ1v) is 9.52. The predicted octanol–water partition coefficient (Wildman–Crippen LogP) is 3.94. The number of rotatable bonds is 5. The number of halogens is 2. The van der Waals surface area contributed by atoms with Gasteiger partial charge in [0.25, 0.3) is 5.91 Å². The second-order valence-electron chi connectivity index (χ2n) is 7.49. The Morgan fingerprint density at radius 2 is 1.68 bits per heavy atom. The van der Waals surface area contributed by atoms with Gasteiger partial charge in [-0.1, -0.05) is 49.6 Å². The Hall–Kier alpha value is -1.49. The van der Waals surface area contributed by atoms with Crippen LogP contribution in [-0.4, -0.2) is 36.5 Å². The minimum absolute atomic E-state index is 0.148. The van der Waals surface area contributed by atoms with Crippen molar-refractivity contribution in [1.29, 1.82) is 0 Å². The van der Waals surface area contributed by atoms with Crippen molar-refractivity contribution in [3.63, 3.8) is 0 Å². The van der Waals surface area contributed by atoms with Crippen molar-refractivity contribution >= 4 is 5.91 Å². The van der Waals surface area contributed by atoms with Crippen LogP contribution in [0.3, 0.4) is 0 Å². The molecule has 0 atom stereocenters. The third-order valence-electron chi connectivity index (χ3n) is 5.59. The Bertz CT molecular complexity index is 550. The molecular weight excluding hydrogens is 322 g/mol. The lowest BCUT2D eigenvalue weighted by atomic mass is 9.88. The molecule has 1 saturated carbocycles. The van der Waals surface area contributed by atoms with E-state index in [2.05, 4.69) is 10.2 Å². The van der Waals surface area contributed by atoms with Gasteiger partial charge in [0.1, 0.15) is 0 Å². The Kier molecular flexibility index (Phi) is 6.05. The quantitative estimate of drug-likeness (QED) is 0.872. The maximum Gasteiger partial charge on any atom is 0.349 e. The minimum atomic E-state index is -3.47. The highest BCUT2D eigenvalue weighted by molar-refractivity contribution is 5.85. The molecule has 1 aliphatic carbocycles. The molecule has 2 fully saturated rings. The van der Waals surface area contributed by atoms with Crippen LogP contribution in [0.15, 0.2) is 30.3 Å². The van der Waals surface area contributed by atoms with Crippen molar-refractivity contribution < 1.29 is 13.6 Å². The van der Waals surface area contributed by atoms with Crippen LogP contribution in [0, 0.1) is 5.92 Å². The summed E-state index contributed by atoms with van der Waals surface area (Å²) in [6.45, 7) is 2.90. The Morgan fingerprint density at radius 1 is 1.04 bits per heavy atom.